The topological polar surface area (TPSA) is 67.6 Å². The Morgan fingerprint density at radius 2 is 2.04 bits per heavy atom. The molecule has 0 aliphatic carbocycles. The highest BCUT2D eigenvalue weighted by Gasteiger charge is 2.32. The molecule has 0 bridgehead atoms. The summed E-state index contributed by atoms with van der Waals surface area (Å²) in [6.45, 7) is 7.90. The number of nitrogens with zero attached hydrogens (tertiary/aromatic N) is 2. The molecule has 1 aromatic carbocycles. The second kappa shape index (κ2) is 6.84. The van der Waals surface area contributed by atoms with E-state index in [2.05, 4.69) is 17.1 Å². The Morgan fingerprint density at radius 1 is 1.35 bits per heavy atom. The molecule has 2 aliphatic rings. The second-order valence-electron chi connectivity index (χ2n) is 7.08. The number of hydrogen-bond donors (Lipinski definition) is 1. The van der Waals surface area contributed by atoms with Crippen LogP contribution in [0.4, 0.5) is 5.69 Å². The molecular formula is C17H25N3O3. The van der Waals surface area contributed by atoms with Crippen LogP contribution in [-0.2, 0) is 0 Å². The number of benzene rings is 1. The van der Waals surface area contributed by atoms with Crippen molar-refractivity contribution in [2.75, 3.05) is 32.7 Å². The lowest BCUT2D eigenvalue weighted by Crippen LogP contribution is -2.44. The van der Waals surface area contributed by atoms with Gasteiger partial charge in [0.1, 0.15) is 11.9 Å². The fraction of sp³-hybridized carbons (Fsp3) is 0.647. The number of likely N-dealkylation sites (tertiary alicyclic amines) is 1. The molecule has 0 radical (unpaired) electrons. The number of nitro benzene ring substituents is 1. The molecule has 2 heterocycles. The highest BCUT2D eigenvalue weighted by molar-refractivity contribution is 5.36. The number of nitrogens with one attached hydrogen (secondary N) is 1. The standard InChI is InChI=1S/C17H25N3O3/c1-17(8-9-18-12-17)13-19-10-6-16(7-11-19)23-15-4-2-14(3-5-15)20(21)22/h2-5,16,18H,6-13H2,1H3. The monoisotopic (exact) mass is 319 g/mol. The van der Waals surface area contributed by atoms with Gasteiger partial charge in [-0.25, -0.2) is 0 Å². The molecule has 3 rings (SSSR count). The van der Waals surface area contributed by atoms with E-state index >= 15 is 0 Å². The first-order valence-electron chi connectivity index (χ1n) is 8.38. The van der Waals surface area contributed by atoms with Crippen LogP contribution in [0.1, 0.15) is 26.2 Å². The molecule has 0 aromatic heterocycles. The predicted molar refractivity (Wildman–Crippen MR) is 88.8 cm³/mol. The molecule has 6 heteroatoms. The lowest BCUT2D eigenvalue weighted by Gasteiger charge is -2.37. The Labute approximate surface area is 137 Å². The van der Waals surface area contributed by atoms with E-state index in [1.165, 1.54) is 18.6 Å². The highest BCUT2D eigenvalue weighted by Crippen LogP contribution is 2.28. The molecule has 126 valence electrons. The Morgan fingerprint density at radius 3 is 2.61 bits per heavy atom. The quantitative estimate of drug-likeness (QED) is 0.667. The van der Waals surface area contributed by atoms with Crippen molar-refractivity contribution in [1.82, 2.24) is 10.2 Å². The van der Waals surface area contributed by atoms with Crippen LogP contribution >= 0.6 is 0 Å². The van der Waals surface area contributed by atoms with Crippen molar-refractivity contribution in [3.8, 4) is 5.75 Å². The minimum absolute atomic E-state index is 0.102. The summed E-state index contributed by atoms with van der Waals surface area (Å²) in [5, 5.41) is 14.1. The Balaban J connectivity index is 1.46. The minimum atomic E-state index is -0.388. The van der Waals surface area contributed by atoms with Crippen molar-refractivity contribution in [3.63, 3.8) is 0 Å². The van der Waals surface area contributed by atoms with E-state index < -0.39 is 0 Å². The maximum atomic E-state index is 10.7. The molecule has 2 aliphatic heterocycles. The van der Waals surface area contributed by atoms with E-state index in [0.29, 0.717) is 5.41 Å². The van der Waals surface area contributed by atoms with Crippen LogP contribution in [0, 0.1) is 15.5 Å². The normalized spacial score (nSPS) is 26.3. The Kier molecular flexibility index (Phi) is 4.82. The second-order valence-corrected chi connectivity index (χ2v) is 7.08. The van der Waals surface area contributed by atoms with Gasteiger partial charge < -0.3 is 15.0 Å². The van der Waals surface area contributed by atoms with Gasteiger partial charge in [0.2, 0.25) is 0 Å². The van der Waals surface area contributed by atoms with E-state index in [1.54, 1.807) is 12.1 Å². The molecule has 23 heavy (non-hydrogen) atoms. The van der Waals surface area contributed by atoms with E-state index in [9.17, 15) is 10.1 Å². The van der Waals surface area contributed by atoms with Gasteiger partial charge in [-0.2, -0.15) is 0 Å². The smallest absolute Gasteiger partial charge is 0.269 e. The summed E-state index contributed by atoms with van der Waals surface area (Å²) in [6, 6.07) is 6.38. The van der Waals surface area contributed by atoms with Gasteiger partial charge in [-0.3, -0.25) is 10.1 Å². The van der Waals surface area contributed by atoms with Crippen LogP contribution < -0.4 is 10.1 Å². The van der Waals surface area contributed by atoms with Gasteiger partial charge >= 0.3 is 0 Å². The van der Waals surface area contributed by atoms with Gasteiger partial charge in [0.25, 0.3) is 5.69 Å². The first kappa shape index (κ1) is 16.2. The largest absolute Gasteiger partial charge is 0.490 e. The average Bonchev–Trinajstić information content (AvgIpc) is 2.96. The Hall–Kier alpha value is -1.66. The summed E-state index contributed by atoms with van der Waals surface area (Å²) < 4.78 is 5.97. The fourth-order valence-electron chi connectivity index (χ4n) is 3.57. The number of nitro groups is 1. The minimum Gasteiger partial charge on any atom is -0.490 e. The Bertz CT molecular complexity index is 533. The molecule has 1 N–H and O–H groups in total. The van der Waals surface area contributed by atoms with Gasteiger partial charge in [-0.05, 0) is 43.4 Å². The fourth-order valence-corrected chi connectivity index (χ4v) is 3.57. The summed E-state index contributed by atoms with van der Waals surface area (Å²) >= 11 is 0. The number of rotatable bonds is 5. The van der Waals surface area contributed by atoms with Crippen molar-refractivity contribution in [1.29, 1.82) is 0 Å². The summed E-state index contributed by atoms with van der Waals surface area (Å²) in [5.41, 5.74) is 0.511. The lowest BCUT2D eigenvalue weighted by molar-refractivity contribution is -0.384. The van der Waals surface area contributed by atoms with Crippen LogP contribution in [-0.4, -0.2) is 48.7 Å². The molecular weight excluding hydrogens is 294 g/mol. The first-order chi connectivity index (χ1) is 11.0. The van der Waals surface area contributed by atoms with E-state index in [0.717, 1.165) is 51.3 Å². The molecule has 0 saturated carbocycles. The van der Waals surface area contributed by atoms with Gasteiger partial charge in [0.15, 0.2) is 0 Å². The molecule has 0 amide bonds. The van der Waals surface area contributed by atoms with Crippen molar-refractivity contribution >= 4 is 5.69 Å². The van der Waals surface area contributed by atoms with E-state index in [-0.39, 0.29) is 16.7 Å². The van der Waals surface area contributed by atoms with E-state index in [4.69, 9.17) is 4.74 Å². The maximum Gasteiger partial charge on any atom is 0.269 e. The zero-order chi connectivity index (χ0) is 16.3. The zero-order valence-electron chi connectivity index (χ0n) is 13.7. The third-order valence-electron chi connectivity index (χ3n) is 4.95. The molecule has 2 saturated heterocycles. The number of hydrogen-bond acceptors (Lipinski definition) is 5. The average molecular weight is 319 g/mol. The lowest BCUT2D eigenvalue weighted by atomic mass is 9.88. The molecule has 1 aromatic rings. The SMILES string of the molecule is CC1(CN2CCC(Oc3ccc([N+](=O)[O-])cc3)CC2)CCNC1. The van der Waals surface area contributed by atoms with Crippen molar-refractivity contribution < 1.29 is 9.66 Å². The number of piperidine rings is 1. The summed E-state index contributed by atoms with van der Waals surface area (Å²) in [7, 11) is 0. The molecule has 1 atom stereocenters. The first-order valence-corrected chi connectivity index (χ1v) is 8.38. The molecule has 1 unspecified atom stereocenters. The van der Waals surface area contributed by atoms with Crippen LogP contribution in [0.3, 0.4) is 0 Å². The van der Waals surface area contributed by atoms with Gasteiger partial charge in [0.05, 0.1) is 4.92 Å². The van der Waals surface area contributed by atoms with Crippen molar-refractivity contribution in [3.05, 3.63) is 34.4 Å². The summed E-state index contributed by atoms with van der Waals surface area (Å²) in [5.74, 6) is 0.723. The molecule has 2 fully saturated rings. The maximum absolute atomic E-state index is 10.7. The highest BCUT2D eigenvalue weighted by atomic mass is 16.6. The van der Waals surface area contributed by atoms with Gasteiger partial charge in [0, 0.05) is 38.3 Å². The van der Waals surface area contributed by atoms with Crippen LogP contribution in [0.25, 0.3) is 0 Å². The summed E-state index contributed by atoms with van der Waals surface area (Å²) in [6.07, 6.45) is 3.50. The van der Waals surface area contributed by atoms with Gasteiger partial charge in [-0.15, -0.1) is 0 Å². The number of non-ortho nitro benzene ring substituents is 1. The van der Waals surface area contributed by atoms with Crippen molar-refractivity contribution in [2.24, 2.45) is 5.41 Å². The van der Waals surface area contributed by atoms with Crippen LogP contribution in [0.2, 0.25) is 0 Å². The number of ether oxygens (including phenoxy) is 1. The summed E-state index contributed by atoms with van der Waals surface area (Å²) in [4.78, 5) is 12.8. The third kappa shape index (κ3) is 4.20. The third-order valence-corrected chi connectivity index (χ3v) is 4.95. The van der Waals surface area contributed by atoms with E-state index in [1.807, 2.05) is 0 Å². The predicted octanol–water partition coefficient (Wildman–Crippen LogP) is 2.44. The van der Waals surface area contributed by atoms with Crippen LogP contribution in [0.5, 0.6) is 5.75 Å². The van der Waals surface area contributed by atoms with Gasteiger partial charge in [-0.1, -0.05) is 6.92 Å². The molecule has 6 nitrogen and oxygen atoms in total. The molecule has 0 spiro atoms. The zero-order valence-corrected chi connectivity index (χ0v) is 13.7. The van der Waals surface area contributed by atoms with Crippen molar-refractivity contribution in [2.45, 2.75) is 32.3 Å². The van der Waals surface area contributed by atoms with Crippen LogP contribution in [0.15, 0.2) is 24.3 Å².